The van der Waals surface area contributed by atoms with E-state index in [0.717, 1.165) is 21.8 Å². The van der Waals surface area contributed by atoms with Crippen molar-refractivity contribution in [3.8, 4) is 16.8 Å². The zero-order chi connectivity index (χ0) is 19.7. The Kier molecular flexibility index (Phi) is 4.88. The molecule has 1 fully saturated rings. The monoisotopic (exact) mass is 392 g/mol. The van der Waals surface area contributed by atoms with Crippen molar-refractivity contribution >= 4 is 23.3 Å². The van der Waals surface area contributed by atoms with E-state index in [2.05, 4.69) is 21.8 Å². The average Bonchev–Trinajstić information content (AvgIpc) is 3.10. The van der Waals surface area contributed by atoms with Crippen molar-refractivity contribution in [1.82, 2.24) is 14.9 Å². The number of aromatic nitrogens is 2. The van der Waals surface area contributed by atoms with Crippen LogP contribution in [0.25, 0.3) is 16.8 Å². The number of amides is 1. The van der Waals surface area contributed by atoms with Crippen molar-refractivity contribution < 1.29 is 9.21 Å². The first-order valence-electron chi connectivity index (χ1n) is 9.13. The molecule has 6 nitrogen and oxygen atoms in total. The highest BCUT2D eigenvalue weighted by Gasteiger charge is 2.26. The van der Waals surface area contributed by atoms with Gasteiger partial charge in [0.25, 0.3) is 5.91 Å². The summed E-state index contributed by atoms with van der Waals surface area (Å²) in [5, 5.41) is 14.2. The number of thiophene rings is 1. The lowest BCUT2D eigenvalue weighted by molar-refractivity contribution is -0.117. The highest BCUT2D eigenvalue weighted by atomic mass is 32.1. The zero-order valence-electron chi connectivity index (χ0n) is 15.7. The number of hydrogen-bond donors (Lipinski definition) is 1. The third-order valence-corrected chi connectivity index (χ3v) is 5.67. The van der Waals surface area contributed by atoms with Gasteiger partial charge in [-0.05, 0) is 55.8 Å². The smallest absolute Gasteiger partial charge is 0.262 e. The van der Waals surface area contributed by atoms with Crippen LogP contribution in [0.3, 0.4) is 0 Å². The molecule has 0 atom stereocenters. The van der Waals surface area contributed by atoms with Crippen LogP contribution in [0.5, 0.6) is 0 Å². The van der Waals surface area contributed by atoms with Gasteiger partial charge in [-0.1, -0.05) is 6.07 Å². The summed E-state index contributed by atoms with van der Waals surface area (Å²) in [5.74, 6) is 0.113. The molecule has 142 valence electrons. The molecule has 0 aromatic carbocycles. The first-order valence-corrected chi connectivity index (χ1v) is 10.0. The average molecular weight is 392 g/mol. The molecule has 0 saturated heterocycles. The van der Waals surface area contributed by atoms with E-state index in [4.69, 9.17) is 4.42 Å². The summed E-state index contributed by atoms with van der Waals surface area (Å²) >= 11 is 1.54. The third-order valence-electron chi connectivity index (χ3n) is 4.81. The van der Waals surface area contributed by atoms with Gasteiger partial charge in [-0.15, -0.1) is 11.3 Å². The Balaban J connectivity index is 1.45. The van der Waals surface area contributed by atoms with Crippen molar-refractivity contribution in [3.05, 3.63) is 58.1 Å². The third kappa shape index (κ3) is 3.64. The Morgan fingerprint density at radius 2 is 2.32 bits per heavy atom. The van der Waals surface area contributed by atoms with Crippen LogP contribution in [0.4, 0.5) is 0 Å². The second-order valence-electron chi connectivity index (χ2n) is 6.90. The lowest BCUT2D eigenvalue weighted by Gasteiger charge is -2.07. The molecular weight excluding hydrogens is 372 g/mol. The van der Waals surface area contributed by atoms with Crippen molar-refractivity contribution in [1.29, 1.82) is 5.26 Å². The molecule has 3 heterocycles. The summed E-state index contributed by atoms with van der Waals surface area (Å²) in [4.78, 5) is 17.8. The van der Waals surface area contributed by atoms with Crippen molar-refractivity contribution in [3.63, 3.8) is 0 Å². The molecule has 28 heavy (non-hydrogen) atoms. The van der Waals surface area contributed by atoms with Crippen molar-refractivity contribution in [2.45, 2.75) is 39.3 Å². The van der Waals surface area contributed by atoms with Gasteiger partial charge in [0.15, 0.2) is 0 Å². The van der Waals surface area contributed by atoms with Gasteiger partial charge in [0.05, 0.1) is 17.1 Å². The van der Waals surface area contributed by atoms with Crippen LogP contribution in [0.1, 0.15) is 41.5 Å². The summed E-state index contributed by atoms with van der Waals surface area (Å²) in [5.41, 5.74) is 3.86. The molecule has 1 amide bonds. The highest BCUT2D eigenvalue weighted by Crippen LogP contribution is 2.38. The lowest BCUT2D eigenvalue weighted by atomic mass is 10.1. The Morgan fingerprint density at radius 3 is 3.00 bits per heavy atom. The Labute approximate surface area is 167 Å². The molecular formula is C21H20N4O2S. The maximum absolute atomic E-state index is 12.5. The van der Waals surface area contributed by atoms with Crippen LogP contribution in [0.2, 0.25) is 0 Å². The van der Waals surface area contributed by atoms with Crippen LogP contribution in [0, 0.1) is 25.2 Å². The summed E-state index contributed by atoms with van der Waals surface area (Å²) in [6.07, 6.45) is 5.57. The van der Waals surface area contributed by atoms with E-state index >= 15 is 0 Å². The summed E-state index contributed by atoms with van der Waals surface area (Å²) in [7, 11) is 0. The molecule has 0 spiro atoms. The minimum absolute atomic E-state index is 0.0815. The summed E-state index contributed by atoms with van der Waals surface area (Å²) < 4.78 is 7.74. The Hall–Kier alpha value is -3.11. The molecule has 0 unspecified atom stereocenters. The Bertz CT molecular complexity index is 1080. The van der Waals surface area contributed by atoms with Crippen molar-refractivity contribution in [2.24, 2.45) is 0 Å². The molecule has 1 aliphatic rings. The lowest BCUT2D eigenvalue weighted by Crippen LogP contribution is -2.24. The van der Waals surface area contributed by atoms with Gasteiger partial charge in [0.1, 0.15) is 17.9 Å². The molecule has 1 aliphatic carbocycles. The first kappa shape index (κ1) is 18.3. The number of nitrogens with zero attached hydrogens (tertiary/aromatic N) is 3. The zero-order valence-corrected chi connectivity index (χ0v) is 16.5. The van der Waals surface area contributed by atoms with E-state index in [-0.39, 0.29) is 12.1 Å². The van der Waals surface area contributed by atoms with Crippen LogP contribution in [0.15, 0.2) is 39.8 Å². The molecule has 1 saturated carbocycles. The molecule has 3 aromatic heterocycles. The van der Waals surface area contributed by atoms with Crippen LogP contribution in [-0.2, 0) is 11.3 Å². The number of nitrogens with one attached hydrogen (secondary N) is 1. The molecule has 7 heteroatoms. The maximum atomic E-state index is 12.5. The van der Waals surface area contributed by atoms with Gasteiger partial charge in [-0.25, -0.2) is 4.98 Å². The topological polar surface area (TPSA) is 83.8 Å². The number of oxazole rings is 1. The van der Waals surface area contributed by atoms with Gasteiger partial charge >= 0.3 is 0 Å². The van der Waals surface area contributed by atoms with Gasteiger partial charge in [0, 0.05) is 17.4 Å². The fraction of sp³-hybridized carbons (Fsp3) is 0.286. The number of nitriles is 1. The van der Waals surface area contributed by atoms with Crippen LogP contribution < -0.4 is 5.32 Å². The summed E-state index contributed by atoms with van der Waals surface area (Å²) in [6.45, 7) is 4.30. The predicted molar refractivity (Wildman–Crippen MR) is 107 cm³/mol. The molecule has 0 aliphatic heterocycles. The normalized spacial score (nSPS) is 14.1. The van der Waals surface area contributed by atoms with Gasteiger partial charge < -0.3 is 14.3 Å². The second kappa shape index (κ2) is 7.49. The molecule has 4 rings (SSSR count). The van der Waals surface area contributed by atoms with Gasteiger partial charge in [-0.3, -0.25) is 4.79 Å². The first-order chi connectivity index (χ1) is 13.6. The number of rotatable bonds is 6. The Morgan fingerprint density at radius 1 is 1.50 bits per heavy atom. The van der Waals surface area contributed by atoms with Crippen molar-refractivity contribution in [2.75, 3.05) is 0 Å². The maximum Gasteiger partial charge on any atom is 0.262 e. The number of hydrogen-bond acceptors (Lipinski definition) is 5. The molecule has 3 aromatic rings. The number of carbonyl (C=O) groups excluding carboxylic acids is 1. The molecule has 1 N–H and O–H groups in total. The molecule has 0 radical (unpaired) electrons. The highest BCUT2D eigenvalue weighted by molar-refractivity contribution is 7.13. The van der Waals surface area contributed by atoms with E-state index in [0.29, 0.717) is 17.6 Å². The molecule has 0 bridgehead atoms. The minimum Gasteiger partial charge on any atom is -0.443 e. The van der Waals surface area contributed by atoms with E-state index in [1.54, 1.807) is 6.08 Å². The van der Waals surface area contributed by atoms with Crippen LogP contribution in [-0.4, -0.2) is 15.5 Å². The second-order valence-corrected chi connectivity index (χ2v) is 7.85. The predicted octanol–water partition coefficient (Wildman–Crippen LogP) is 4.38. The van der Waals surface area contributed by atoms with E-state index in [1.807, 2.05) is 36.6 Å². The van der Waals surface area contributed by atoms with E-state index in [1.165, 1.54) is 30.4 Å². The minimum atomic E-state index is -0.417. The fourth-order valence-corrected chi connectivity index (χ4v) is 3.97. The van der Waals surface area contributed by atoms with Crippen LogP contribution >= 0.6 is 11.3 Å². The number of carbonyl (C=O) groups is 1. The standard InChI is InChI=1S/C21H20N4O2S/c1-13-8-15(14(2)25(13)18-5-6-18)9-16(10-22)20(26)23-11-17-12-27-21(24-17)19-4-3-7-28-19/h3-4,7-9,12,18H,5-6,11H2,1-2H3,(H,23,26)/b16-9+. The fourth-order valence-electron chi connectivity index (χ4n) is 3.32. The van der Waals surface area contributed by atoms with E-state index < -0.39 is 5.91 Å². The number of aryl methyl sites for hydroxylation is 1. The summed E-state index contributed by atoms with van der Waals surface area (Å²) in [6, 6.07) is 8.46. The SMILES string of the molecule is Cc1cc(/C=C(\C#N)C(=O)NCc2coc(-c3cccs3)n2)c(C)n1C1CC1. The van der Waals surface area contributed by atoms with E-state index in [9.17, 15) is 10.1 Å². The largest absolute Gasteiger partial charge is 0.443 e. The van der Waals surface area contributed by atoms with Gasteiger partial charge in [-0.2, -0.15) is 5.26 Å². The quantitative estimate of drug-likeness (QED) is 0.498. The van der Waals surface area contributed by atoms with Gasteiger partial charge in [0.2, 0.25) is 5.89 Å².